The normalized spacial score (nSPS) is 11.2. The fourth-order valence-corrected chi connectivity index (χ4v) is 2.26. The van der Waals surface area contributed by atoms with Crippen molar-refractivity contribution in [1.82, 2.24) is 9.38 Å². The quantitative estimate of drug-likeness (QED) is 0.611. The van der Waals surface area contributed by atoms with E-state index in [-0.39, 0.29) is 34.2 Å². The first-order chi connectivity index (χ1) is 12.0. The molecule has 3 aromatic rings. The molecule has 0 amide bonds. The van der Waals surface area contributed by atoms with E-state index in [1.807, 2.05) is 0 Å². The second-order valence-electron chi connectivity index (χ2n) is 5.10. The van der Waals surface area contributed by atoms with Crippen molar-refractivity contribution in [3.05, 3.63) is 53.9 Å². The second-order valence-corrected chi connectivity index (χ2v) is 5.10. The Labute approximate surface area is 140 Å². The minimum Gasteiger partial charge on any atom is -0.504 e. The summed E-state index contributed by atoms with van der Waals surface area (Å²) in [5.41, 5.74) is 0.633. The highest BCUT2D eigenvalue weighted by molar-refractivity contribution is 5.88. The van der Waals surface area contributed by atoms with Gasteiger partial charge in [-0.2, -0.15) is 0 Å². The number of carboxylic acids is 2. The van der Waals surface area contributed by atoms with Crippen LogP contribution in [0, 0.1) is 0 Å². The van der Waals surface area contributed by atoms with Crippen molar-refractivity contribution in [2.24, 2.45) is 10.2 Å². The third kappa shape index (κ3) is 3.29. The lowest BCUT2D eigenvalue weighted by Gasteiger charge is -1.99. The zero-order valence-electron chi connectivity index (χ0n) is 12.7. The number of imidazole rings is 1. The van der Waals surface area contributed by atoms with Crippen LogP contribution in [0.15, 0.2) is 52.8 Å². The van der Waals surface area contributed by atoms with Crippen molar-refractivity contribution >= 4 is 29.1 Å². The maximum Gasteiger partial charge on any atom is 0.335 e. The molecule has 126 valence electrons. The third-order valence-electron chi connectivity index (χ3n) is 3.35. The molecule has 2 aromatic heterocycles. The Hall–Kier alpha value is -3.75. The van der Waals surface area contributed by atoms with Gasteiger partial charge in [0.25, 0.3) is 0 Å². The van der Waals surface area contributed by atoms with Crippen LogP contribution in [0.5, 0.6) is 5.75 Å². The molecular formula is C16H12N4O5. The number of azo groups is 1. The molecule has 1 aromatic carbocycles. The van der Waals surface area contributed by atoms with Gasteiger partial charge in [-0.15, -0.1) is 10.2 Å². The van der Waals surface area contributed by atoms with Crippen LogP contribution in [-0.2, 0) is 11.2 Å². The largest absolute Gasteiger partial charge is 0.504 e. The zero-order valence-corrected chi connectivity index (χ0v) is 12.7. The number of aromatic nitrogens is 2. The van der Waals surface area contributed by atoms with Crippen LogP contribution in [0.1, 0.15) is 16.1 Å². The third-order valence-corrected chi connectivity index (χ3v) is 3.35. The molecule has 0 fully saturated rings. The van der Waals surface area contributed by atoms with E-state index in [0.29, 0.717) is 0 Å². The SMILES string of the molecule is O=C(O)Cc1nc2c(O)cccn2c1N=Nc1cccc(C(=O)O)c1. The van der Waals surface area contributed by atoms with Gasteiger partial charge >= 0.3 is 11.9 Å². The summed E-state index contributed by atoms with van der Waals surface area (Å²) in [4.78, 5) is 26.1. The number of rotatable bonds is 5. The van der Waals surface area contributed by atoms with E-state index in [1.54, 1.807) is 18.3 Å². The first-order valence-electron chi connectivity index (χ1n) is 7.11. The van der Waals surface area contributed by atoms with Crippen LogP contribution >= 0.6 is 0 Å². The van der Waals surface area contributed by atoms with Gasteiger partial charge in [-0.3, -0.25) is 9.20 Å². The second kappa shape index (κ2) is 6.40. The fraction of sp³-hybridized carbons (Fsp3) is 0.0625. The highest BCUT2D eigenvalue weighted by Gasteiger charge is 2.17. The van der Waals surface area contributed by atoms with Gasteiger partial charge in [-0.1, -0.05) is 6.07 Å². The highest BCUT2D eigenvalue weighted by atomic mass is 16.4. The smallest absolute Gasteiger partial charge is 0.335 e. The summed E-state index contributed by atoms with van der Waals surface area (Å²) in [6, 6.07) is 8.82. The number of aliphatic carboxylic acids is 1. The molecule has 0 aliphatic carbocycles. The average Bonchev–Trinajstić information content (AvgIpc) is 2.91. The summed E-state index contributed by atoms with van der Waals surface area (Å²) in [6.07, 6.45) is 1.17. The van der Waals surface area contributed by atoms with Crippen molar-refractivity contribution < 1.29 is 24.9 Å². The molecular weight excluding hydrogens is 328 g/mol. The summed E-state index contributed by atoms with van der Waals surface area (Å²) in [6.45, 7) is 0. The van der Waals surface area contributed by atoms with E-state index < -0.39 is 18.4 Å². The summed E-state index contributed by atoms with van der Waals surface area (Å²) < 4.78 is 1.41. The Balaban J connectivity index is 2.08. The van der Waals surface area contributed by atoms with Crippen LogP contribution in [0.4, 0.5) is 11.5 Å². The maximum atomic E-state index is 11.0. The Morgan fingerprint density at radius 2 is 1.92 bits per heavy atom. The average molecular weight is 340 g/mol. The van der Waals surface area contributed by atoms with Crippen LogP contribution in [0.25, 0.3) is 5.65 Å². The molecule has 0 spiro atoms. The lowest BCUT2D eigenvalue weighted by atomic mass is 10.2. The minimum absolute atomic E-state index is 0.0537. The highest BCUT2D eigenvalue weighted by Crippen LogP contribution is 2.28. The molecule has 25 heavy (non-hydrogen) atoms. The standard InChI is InChI=1S/C16H12N4O5/c21-12-5-2-6-20-14(11(8-13(22)23)17-15(12)20)19-18-10-4-1-3-9(7-10)16(24)25/h1-7,21H,8H2,(H,22,23)(H,24,25). The molecule has 2 heterocycles. The summed E-state index contributed by atoms with van der Waals surface area (Å²) in [5.74, 6) is -2.17. The van der Waals surface area contributed by atoms with Crippen LogP contribution < -0.4 is 0 Å². The molecule has 9 heteroatoms. The lowest BCUT2D eigenvalue weighted by molar-refractivity contribution is -0.136. The van der Waals surface area contributed by atoms with Crippen molar-refractivity contribution in [1.29, 1.82) is 0 Å². The molecule has 0 saturated carbocycles. The van der Waals surface area contributed by atoms with Crippen molar-refractivity contribution in [2.45, 2.75) is 6.42 Å². The van der Waals surface area contributed by atoms with Crippen molar-refractivity contribution in [2.75, 3.05) is 0 Å². The summed E-state index contributed by atoms with van der Waals surface area (Å²) >= 11 is 0. The number of aromatic carboxylic acids is 1. The molecule has 9 nitrogen and oxygen atoms in total. The van der Waals surface area contributed by atoms with Gasteiger partial charge in [0.2, 0.25) is 0 Å². The van der Waals surface area contributed by atoms with Gasteiger partial charge in [-0.05, 0) is 30.3 Å². The summed E-state index contributed by atoms with van der Waals surface area (Å²) in [5, 5.41) is 35.9. The molecule has 0 atom stereocenters. The molecule has 0 aliphatic rings. The monoisotopic (exact) mass is 340 g/mol. The molecule has 0 saturated heterocycles. The number of carboxylic acid groups (broad SMARTS) is 2. The molecule has 0 unspecified atom stereocenters. The maximum absolute atomic E-state index is 11.0. The molecule has 0 radical (unpaired) electrons. The number of benzene rings is 1. The van der Waals surface area contributed by atoms with Gasteiger partial charge in [0.05, 0.1) is 23.4 Å². The van der Waals surface area contributed by atoms with Crippen molar-refractivity contribution in [3.8, 4) is 5.75 Å². The summed E-state index contributed by atoms with van der Waals surface area (Å²) in [7, 11) is 0. The zero-order chi connectivity index (χ0) is 18.0. The Morgan fingerprint density at radius 3 is 2.64 bits per heavy atom. The Morgan fingerprint density at radius 1 is 1.12 bits per heavy atom. The van der Waals surface area contributed by atoms with Gasteiger partial charge < -0.3 is 15.3 Å². The number of hydrogen-bond acceptors (Lipinski definition) is 6. The Bertz CT molecular complexity index is 1010. The first kappa shape index (κ1) is 16.1. The molecule has 0 aliphatic heterocycles. The molecule has 0 bridgehead atoms. The van der Waals surface area contributed by atoms with E-state index in [2.05, 4.69) is 15.2 Å². The van der Waals surface area contributed by atoms with E-state index in [0.717, 1.165) is 0 Å². The number of nitrogens with zero attached hydrogens (tertiary/aromatic N) is 4. The minimum atomic E-state index is -1.10. The number of fused-ring (bicyclic) bond motifs is 1. The van der Waals surface area contributed by atoms with E-state index in [1.165, 1.54) is 28.7 Å². The predicted octanol–water partition coefficient (Wildman–Crippen LogP) is 2.78. The lowest BCUT2D eigenvalue weighted by Crippen LogP contribution is -2.00. The van der Waals surface area contributed by atoms with Crippen LogP contribution in [0.3, 0.4) is 0 Å². The van der Waals surface area contributed by atoms with E-state index in [9.17, 15) is 14.7 Å². The Kier molecular flexibility index (Phi) is 4.12. The van der Waals surface area contributed by atoms with Gasteiger partial charge in [0.1, 0.15) is 0 Å². The topological polar surface area (TPSA) is 137 Å². The first-order valence-corrected chi connectivity index (χ1v) is 7.11. The van der Waals surface area contributed by atoms with Crippen LogP contribution in [-0.4, -0.2) is 36.6 Å². The number of carbonyl (C=O) groups is 2. The van der Waals surface area contributed by atoms with Crippen molar-refractivity contribution in [3.63, 3.8) is 0 Å². The molecule has 3 N–H and O–H groups in total. The predicted molar refractivity (Wildman–Crippen MR) is 85.8 cm³/mol. The number of hydrogen-bond donors (Lipinski definition) is 3. The number of pyridine rings is 1. The molecule has 3 rings (SSSR count). The van der Waals surface area contributed by atoms with E-state index in [4.69, 9.17) is 10.2 Å². The van der Waals surface area contributed by atoms with Gasteiger partial charge in [-0.25, -0.2) is 9.78 Å². The van der Waals surface area contributed by atoms with Gasteiger partial charge in [0, 0.05) is 6.20 Å². The van der Waals surface area contributed by atoms with E-state index >= 15 is 0 Å². The fourth-order valence-electron chi connectivity index (χ4n) is 2.26. The van der Waals surface area contributed by atoms with Crippen LogP contribution in [0.2, 0.25) is 0 Å². The van der Waals surface area contributed by atoms with Gasteiger partial charge in [0.15, 0.2) is 17.2 Å². The number of aromatic hydroxyl groups is 1.